The molecule has 1 aromatic carbocycles. The molecule has 0 aliphatic heterocycles. The Morgan fingerprint density at radius 2 is 1.88 bits per heavy atom. The van der Waals surface area contributed by atoms with E-state index in [1.807, 2.05) is 0 Å². The summed E-state index contributed by atoms with van der Waals surface area (Å²) < 4.78 is 68.8. The van der Waals surface area contributed by atoms with Gasteiger partial charge in [-0.25, -0.2) is 17.9 Å². The summed E-state index contributed by atoms with van der Waals surface area (Å²) in [5.41, 5.74) is -0.769. The van der Waals surface area contributed by atoms with Crippen molar-refractivity contribution in [2.45, 2.75) is 17.2 Å². The molecule has 26 heavy (non-hydrogen) atoms. The predicted molar refractivity (Wildman–Crippen MR) is 87.3 cm³/mol. The van der Waals surface area contributed by atoms with Gasteiger partial charge in [0, 0.05) is 6.54 Å². The van der Waals surface area contributed by atoms with Crippen LogP contribution < -0.4 is 4.72 Å². The lowest BCUT2D eigenvalue weighted by molar-refractivity contribution is -0.137. The largest absolute Gasteiger partial charge is 0.465 e. The monoisotopic (exact) mass is 409 g/mol. The number of carbonyl (C=O) groups is 1. The molecule has 2 aromatic rings. The number of hydrogen-bond donors (Lipinski definition) is 2. The summed E-state index contributed by atoms with van der Waals surface area (Å²) >= 11 is 0.881. The van der Waals surface area contributed by atoms with Crippen LogP contribution in [0.25, 0.3) is 0 Å². The molecule has 0 aliphatic carbocycles. The van der Waals surface area contributed by atoms with Gasteiger partial charge in [-0.15, -0.1) is 11.3 Å². The molecule has 1 aromatic heterocycles. The maximum Gasteiger partial charge on any atom is 0.416 e. The minimum atomic E-state index is -4.51. The lowest BCUT2D eigenvalue weighted by Gasteiger charge is -2.14. The smallest absolute Gasteiger partial charge is 0.416 e. The van der Waals surface area contributed by atoms with E-state index in [-0.39, 0.29) is 15.3 Å². The third-order valence-electron chi connectivity index (χ3n) is 3.38. The van der Waals surface area contributed by atoms with Crippen molar-refractivity contribution in [3.8, 4) is 0 Å². The first-order chi connectivity index (χ1) is 12.1. The zero-order valence-corrected chi connectivity index (χ0v) is 14.9. The van der Waals surface area contributed by atoms with Crippen LogP contribution in [0.2, 0.25) is 0 Å². The number of aliphatic hydroxyl groups excluding tert-OH is 1. The maximum absolute atomic E-state index is 12.5. The highest BCUT2D eigenvalue weighted by atomic mass is 32.2. The van der Waals surface area contributed by atoms with Crippen molar-refractivity contribution < 1.29 is 36.2 Å². The summed E-state index contributed by atoms with van der Waals surface area (Å²) in [6.45, 7) is -0.482. The molecule has 6 nitrogen and oxygen atoms in total. The summed E-state index contributed by atoms with van der Waals surface area (Å²) in [5, 5.41) is 11.4. The van der Waals surface area contributed by atoms with E-state index in [0.29, 0.717) is 0 Å². The highest BCUT2D eigenvalue weighted by molar-refractivity contribution is 7.89. The number of aliphatic hydroxyl groups is 1. The van der Waals surface area contributed by atoms with Crippen molar-refractivity contribution in [2.75, 3.05) is 13.7 Å². The summed E-state index contributed by atoms with van der Waals surface area (Å²) in [5.74, 6) is -0.816. The molecular weight excluding hydrogens is 395 g/mol. The molecule has 0 saturated heterocycles. The summed E-state index contributed by atoms with van der Waals surface area (Å²) in [6.07, 6.45) is -5.87. The van der Waals surface area contributed by atoms with Crippen molar-refractivity contribution in [1.82, 2.24) is 4.72 Å². The van der Waals surface area contributed by atoms with E-state index in [1.165, 1.54) is 11.4 Å². The zero-order valence-electron chi connectivity index (χ0n) is 13.3. The minimum absolute atomic E-state index is 0.110. The molecule has 0 fully saturated rings. The summed E-state index contributed by atoms with van der Waals surface area (Å²) in [4.78, 5) is 11.2. The number of alkyl halides is 3. The topological polar surface area (TPSA) is 92.7 Å². The number of nitrogens with one attached hydrogen (secondary N) is 1. The van der Waals surface area contributed by atoms with Crippen LogP contribution in [0.15, 0.2) is 40.6 Å². The van der Waals surface area contributed by atoms with Crippen LogP contribution in [0.1, 0.15) is 26.9 Å². The predicted octanol–water partition coefficient (Wildman–Crippen LogP) is 2.57. The number of methoxy groups -OCH3 is 1. The Morgan fingerprint density at radius 3 is 2.42 bits per heavy atom. The van der Waals surface area contributed by atoms with Crippen LogP contribution in [0.5, 0.6) is 0 Å². The number of hydrogen-bond acceptors (Lipinski definition) is 6. The van der Waals surface area contributed by atoms with Gasteiger partial charge in [0.1, 0.15) is 9.77 Å². The fourth-order valence-corrected chi connectivity index (χ4v) is 4.40. The third kappa shape index (κ3) is 4.61. The average Bonchev–Trinajstić information content (AvgIpc) is 3.09. The second-order valence-electron chi connectivity index (χ2n) is 5.09. The number of halogens is 3. The van der Waals surface area contributed by atoms with Gasteiger partial charge in [0.05, 0.1) is 18.8 Å². The first kappa shape index (κ1) is 20.4. The Kier molecular flexibility index (Phi) is 6.06. The Hall–Kier alpha value is -1.95. The van der Waals surface area contributed by atoms with Gasteiger partial charge in [-0.05, 0) is 29.1 Å². The average molecular weight is 409 g/mol. The van der Waals surface area contributed by atoms with Crippen molar-refractivity contribution in [1.29, 1.82) is 0 Å². The van der Waals surface area contributed by atoms with Gasteiger partial charge in [-0.1, -0.05) is 12.1 Å². The quantitative estimate of drug-likeness (QED) is 0.716. The van der Waals surface area contributed by atoms with Gasteiger partial charge in [0.15, 0.2) is 0 Å². The number of carbonyl (C=O) groups excluding carboxylic acids is 1. The fourth-order valence-electron chi connectivity index (χ4n) is 2.03. The van der Waals surface area contributed by atoms with E-state index >= 15 is 0 Å². The Bertz CT molecular complexity index is 875. The lowest BCUT2D eigenvalue weighted by atomic mass is 10.1. The Balaban J connectivity index is 2.10. The number of benzene rings is 1. The molecule has 2 N–H and O–H groups in total. The lowest BCUT2D eigenvalue weighted by Crippen LogP contribution is -2.29. The molecule has 0 spiro atoms. The molecule has 2 rings (SSSR count). The van der Waals surface area contributed by atoms with Crippen LogP contribution in [0, 0.1) is 0 Å². The summed E-state index contributed by atoms with van der Waals surface area (Å²) in [7, 11) is -3.01. The van der Waals surface area contributed by atoms with Crippen LogP contribution in [0.4, 0.5) is 13.2 Å². The first-order valence-corrected chi connectivity index (χ1v) is 9.43. The number of esters is 1. The summed E-state index contributed by atoms with van der Waals surface area (Å²) in [6, 6.07) is 4.92. The first-order valence-electron chi connectivity index (χ1n) is 7.07. The number of rotatable bonds is 6. The van der Waals surface area contributed by atoms with Gasteiger partial charge in [0.2, 0.25) is 10.0 Å². The van der Waals surface area contributed by atoms with E-state index < -0.39 is 40.4 Å². The zero-order chi connectivity index (χ0) is 19.5. The molecule has 0 aliphatic rings. The molecule has 1 atom stereocenters. The van der Waals surface area contributed by atoms with E-state index in [2.05, 4.69) is 9.46 Å². The molecular formula is C15H14F3NO5S2. The van der Waals surface area contributed by atoms with Gasteiger partial charge < -0.3 is 9.84 Å². The van der Waals surface area contributed by atoms with Crippen LogP contribution in [-0.4, -0.2) is 33.1 Å². The standard InChI is InChI=1S/C15H14F3NO5S2/c1-24-14(21)13-12(6-7-25-13)26(22,23)19-8-11(20)9-2-4-10(5-3-9)15(16,17)18/h2-7,11,19-20H,8H2,1H3. The molecule has 0 saturated carbocycles. The molecule has 1 unspecified atom stereocenters. The SMILES string of the molecule is COC(=O)c1sccc1S(=O)(=O)NCC(O)c1ccc(C(F)(F)F)cc1. The van der Waals surface area contributed by atoms with E-state index in [4.69, 9.17) is 0 Å². The van der Waals surface area contributed by atoms with E-state index in [9.17, 15) is 31.5 Å². The Morgan fingerprint density at radius 1 is 1.27 bits per heavy atom. The van der Waals surface area contributed by atoms with E-state index in [0.717, 1.165) is 42.7 Å². The van der Waals surface area contributed by atoms with Crippen LogP contribution >= 0.6 is 11.3 Å². The molecule has 0 bridgehead atoms. The van der Waals surface area contributed by atoms with Gasteiger partial charge in [0.25, 0.3) is 0 Å². The number of thiophene rings is 1. The van der Waals surface area contributed by atoms with Crippen molar-refractivity contribution in [2.24, 2.45) is 0 Å². The highest BCUT2D eigenvalue weighted by Crippen LogP contribution is 2.30. The molecule has 142 valence electrons. The molecule has 0 radical (unpaired) electrons. The van der Waals surface area contributed by atoms with Crippen LogP contribution in [-0.2, 0) is 20.9 Å². The second-order valence-corrected chi connectivity index (χ2v) is 7.74. The fraction of sp³-hybridized carbons (Fsp3) is 0.267. The van der Waals surface area contributed by atoms with Crippen LogP contribution in [0.3, 0.4) is 0 Å². The molecule has 11 heteroatoms. The number of ether oxygens (including phenoxy) is 1. The normalized spacial score (nSPS) is 13.4. The minimum Gasteiger partial charge on any atom is -0.465 e. The highest BCUT2D eigenvalue weighted by Gasteiger charge is 2.30. The third-order valence-corrected chi connectivity index (χ3v) is 5.87. The molecule has 1 heterocycles. The number of sulfonamides is 1. The molecule has 0 amide bonds. The van der Waals surface area contributed by atoms with Crippen molar-refractivity contribution >= 4 is 27.3 Å². The van der Waals surface area contributed by atoms with Gasteiger partial charge in [-0.3, -0.25) is 0 Å². The van der Waals surface area contributed by atoms with Crippen molar-refractivity contribution in [3.05, 3.63) is 51.7 Å². The van der Waals surface area contributed by atoms with Crippen molar-refractivity contribution in [3.63, 3.8) is 0 Å². The van der Waals surface area contributed by atoms with E-state index in [1.54, 1.807) is 0 Å². The maximum atomic E-state index is 12.5. The van der Waals surface area contributed by atoms with Gasteiger partial charge in [-0.2, -0.15) is 13.2 Å². The van der Waals surface area contributed by atoms with Gasteiger partial charge >= 0.3 is 12.1 Å². The Labute approximate surface area is 151 Å². The second kappa shape index (κ2) is 7.74.